The maximum atomic E-state index is 11.6. The highest BCUT2D eigenvalue weighted by Gasteiger charge is 2.21. The molecule has 0 aliphatic heterocycles. The number of amidine groups is 1. The SMILES string of the molecule is C=C/C(=N\N(C)C)NC(=O)C(C)(C)C.CC. The maximum absolute atomic E-state index is 11.6. The number of carbonyl (C=O) groups excluding carboxylic acids is 1. The van der Waals surface area contributed by atoms with Gasteiger partial charge in [-0.15, -0.1) is 0 Å². The van der Waals surface area contributed by atoms with Crippen LogP contribution in [-0.4, -0.2) is 30.8 Å². The van der Waals surface area contributed by atoms with Gasteiger partial charge in [-0.3, -0.25) is 4.79 Å². The smallest absolute Gasteiger partial charge is 0.230 e. The van der Waals surface area contributed by atoms with Crippen molar-refractivity contribution in [1.29, 1.82) is 0 Å². The van der Waals surface area contributed by atoms with E-state index in [0.29, 0.717) is 5.84 Å². The minimum Gasteiger partial charge on any atom is -0.309 e. The first-order chi connectivity index (χ1) is 7.27. The molecule has 0 fully saturated rings. The van der Waals surface area contributed by atoms with E-state index in [9.17, 15) is 4.79 Å². The fraction of sp³-hybridized carbons (Fsp3) is 0.667. The summed E-state index contributed by atoms with van der Waals surface area (Å²) in [7, 11) is 3.57. The Hall–Kier alpha value is -1.32. The molecule has 0 bridgehead atoms. The summed E-state index contributed by atoms with van der Waals surface area (Å²) in [5, 5.41) is 8.35. The summed E-state index contributed by atoms with van der Waals surface area (Å²) >= 11 is 0. The van der Waals surface area contributed by atoms with Crippen LogP contribution >= 0.6 is 0 Å². The monoisotopic (exact) mass is 227 g/mol. The Balaban J connectivity index is 0. The summed E-state index contributed by atoms with van der Waals surface area (Å²) in [4.78, 5) is 11.6. The second kappa shape index (κ2) is 7.91. The van der Waals surface area contributed by atoms with Gasteiger partial charge in [0.1, 0.15) is 0 Å². The number of amides is 1. The summed E-state index contributed by atoms with van der Waals surface area (Å²) in [6.07, 6.45) is 1.52. The first-order valence-corrected chi connectivity index (χ1v) is 5.47. The quantitative estimate of drug-likeness (QED) is 0.447. The molecule has 1 N–H and O–H groups in total. The molecule has 16 heavy (non-hydrogen) atoms. The van der Waals surface area contributed by atoms with Crippen LogP contribution in [0.2, 0.25) is 0 Å². The number of nitrogens with zero attached hydrogens (tertiary/aromatic N) is 2. The zero-order chi connectivity index (χ0) is 13.4. The molecule has 0 aliphatic rings. The molecular formula is C12H25N3O. The van der Waals surface area contributed by atoms with Gasteiger partial charge in [-0.2, -0.15) is 5.10 Å². The fourth-order valence-electron chi connectivity index (χ4n) is 0.636. The molecule has 0 heterocycles. The molecule has 4 heteroatoms. The third-order valence-corrected chi connectivity index (χ3v) is 1.42. The molecule has 0 aromatic rings. The lowest BCUT2D eigenvalue weighted by Gasteiger charge is -2.18. The molecule has 0 atom stereocenters. The van der Waals surface area contributed by atoms with Gasteiger partial charge in [-0.1, -0.05) is 41.2 Å². The average molecular weight is 227 g/mol. The van der Waals surface area contributed by atoms with E-state index >= 15 is 0 Å². The second-order valence-electron chi connectivity index (χ2n) is 4.24. The third-order valence-electron chi connectivity index (χ3n) is 1.42. The zero-order valence-electron chi connectivity index (χ0n) is 11.6. The van der Waals surface area contributed by atoms with Crippen LogP contribution in [-0.2, 0) is 4.79 Å². The zero-order valence-corrected chi connectivity index (χ0v) is 11.6. The molecule has 0 rings (SSSR count). The summed E-state index contributed by atoms with van der Waals surface area (Å²) in [5.74, 6) is 0.396. The average Bonchev–Trinajstić information content (AvgIpc) is 2.17. The fourth-order valence-corrected chi connectivity index (χ4v) is 0.636. The third kappa shape index (κ3) is 8.03. The number of hydrogen-bond acceptors (Lipinski definition) is 3. The molecule has 94 valence electrons. The molecule has 0 unspecified atom stereocenters. The highest BCUT2D eigenvalue weighted by atomic mass is 16.2. The first kappa shape index (κ1) is 17.1. The van der Waals surface area contributed by atoms with Crippen LogP contribution in [0.4, 0.5) is 0 Å². The molecule has 0 aromatic heterocycles. The minimum absolute atomic E-state index is 0.0713. The van der Waals surface area contributed by atoms with Gasteiger partial charge in [-0.25, -0.2) is 0 Å². The Morgan fingerprint density at radius 3 is 2.00 bits per heavy atom. The molecule has 0 saturated heterocycles. The van der Waals surface area contributed by atoms with E-state index in [1.54, 1.807) is 19.1 Å². The van der Waals surface area contributed by atoms with Gasteiger partial charge in [0.15, 0.2) is 5.84 Å². The van der Waals surface area contributed by atoms with E-state index in [1.807, 2.05) is 34.6 Å². The van der Waals surface area contributed by atoms with Crippen molar-refractivity contribution in [2.75, 3.05) is 14.1 Å². The summed E-state index contributed by atoms with van der Waals surface area (Å²) in [6.45, 7) is 13.1. The van der Waals surface area contributed by atoms with Gasteiger partial charge in [0.2, 0.25) is 5.91 Å². The van der Waals surface area contributed by atoms with Crippen LogP contribution in [0.5, 0.6) is 0 Å². The van der Waals surface area contributed by atoms with Gasteiger partial charge < -0.3 is 10.3 Å². The van der Waals surface area contributed by atoms with Crippen LogP contribution in [0.25, 0.3) is 0 Å². The Morgan fingerprint density at radius 1 is 1.31 bits per heavy atom. The van der Waals surface area contributed by atoms with Crippen molar-refractivity contribution in [2.45, 2.75) is 34.6 Å². The minimum atomic E-state index is -0.421. The van der Waals surface area contributed by atoms with Gasteiger partial charge in [0.05, 0.1) is 0 Å². The summed E-state index contributed by atoms with van der Waals surface area (Å²) in [5.41, 5.74) is -0.421. The molecule has 0 radical (unpaired) electrons. The molecular weight excluding hydrogens is 202 g/mol. The van der Waals surface area contributed by atoms with Crippen molar-refractivity contribution in [2.24, 2.45) is 10.5 Å². The normalized spacial score (nSPS) is 11.1. The van der Waals surface area contributed by atoms with E-state index in [1.165, 1.54) is 6.08 Å². The van der Waals surface area contributed by atoms with Crippen LogP contribution < -0.4 is 5.32 Å². The maximum Gasteiger partial charge on any atom is 0.230 e. The predicted molar refractivity (Wildman–Crippen MR) is 70.3 cm³/mol. The summed E-state index contributed by atoms with van der Waals surface area (Å²) < 4.78 is 0. The van der Waals surface area contributed by atoms with E-state index in [4.69, 9.17) is 0 Å². The van der Waals surface area contributed by atoms with E-state index < -0.39 is 5.41 Å². The molecule has 0 saturated carbocycles. The van der Waals surface area contributed by atoms with E-state index in [-0.39, 0.29) is 5.91 Å². The van der Waals surface area contributed by atoms with Crippen LogP contribution in [0.1, 0.15) is 34.6 Å². The van der Waals surface area contributed by atoms with Gasteiger partial charge in [-0.05, 0) is 6.08 Å². The molecule has 1 amide bonds. The number of hydrogen-bond donors (Lipinski definition) is 1. The van der Waals surface area contributed by atoms with Crippen molar-refractivity contribution in [3.05, 3.63) is 12.7 Å². The largest absolute Gasteiger partial charge is 0.309 e. The molecule has 0 spiro atoms. The number of hydrazone groups is 1. The van der Waals surface area contributed by atoms with Crippen LogP contribution in [0.15, 0.2) is 17.8 Å². The Morgan fingerprint density at radius 2 is 1.75 bits per heavy atom. The first-order valence-electron chi connectivity index (χ1n) is 5.47. The van der Waals surface area contributed by atoms with Crippen LogP contribution in [0.3, 0.4) is 0 Å². The standard InChI is InChI=1S/C10H19N3O.C2H6/c1-7-8(12-13(5)6)11-9(14)10(2,3)4;1-2/h7H,1H2,2-6H3,(H,11,12,14);1-2H3. The highest BCUT2D eigenvalue weighted by Crippen LogP contribution is 2.12. The number of nitrogens with one attached hydrogen (secondary N) is 1. The van der Waals surface area contributed by atoms with E-state index in [2.05, 4.69) is 17.0 Å². The lowest BCUT2D eigenvalue weighted by molar-refractivity contribution is -0.126. The van der Waals surface area contributed by atoms with Crippen molar-refractivity contribution < 1.29 is 4.79 Å². The van der Waals surface area contributed by atoms with Crippen molar-refractivity contribution in [3.8, 4) is 0 Å². The Labute approximate surface area is 99.4 Å². The van der Waals surface area contributed by atoms with Crippen molar-refractivity contribution in [1.82, 2.24) is 10.3 Å². The van der Waals surface area contributed by atoms with Crippen molar-refractivity contribution in [3.63, 3.8) is 0 Å². The van der Waals surface area contributed by atoms with Gasteiger partial charge in [0, 0.05) is 19.5 Å². The Bertz CT molecular complexity index is 249. The lowest BCUT2D eigenvalue weighted by atomic mass is 9.96. The van der Waals surface area contributed by atoms with Crippen LogP contribution in [0, 0.1) is 5.41 Å². The lowest BCUT2D eigenvalue weighted by Crippen LogP contribution is -2.38. The second-order valence-corrected chi connectivity index (χ2v) is 4.24. The number of carbonyl (C=O) groups is 1. The summed E-state index contributed by atoms with van der Waals surface area (Å²) in [6, 6.07) is 0. The predicted octanol–water partition coefficient (Wildman–Crippen LogP) is 2.24. The molecule has 0 aliphatic carbocycles. The molecule has 4 nitrogen and oxygen atoms in total. The van der Waals surface area contributed by atoms with Gasteiger partial charge >= 0.3 is 0 Å². The topological polar surface area (TPSA) is 44.7 Å². The van der Waals surface area contributed by atoms with Crippen molar-refractivity contribution >= 4 is 11.7 Å². The number of rotatable bonds is 2. The van der Waals surface area contributed by atoms with E-state index in [0.717, 1.165) is 0 Å². The molecule has 0 aromatic carbocycles. The van der Waals surface area contributed by atoms with Gasteiger partial charge in [0.25, 0.3) is 0 Å². The highest BCUT2D eigenvalue weighted by molar-refractivity contribution is 6.05. The Kier molecular flexibility index (Phi) is 8.44.